The lowest BCUT2D eigenvalue weighted by molar-refractivity contribution is 0.101. The second-order valence-corrected chi connectivity index (χ2v) is 8.82. The number of hydrogen-bond acceptors (Lipinski definition) is 7. The second kappa shape index (κ2) is 9.47. The SMILES string of the molecule is COc1ccccc1C(=O)Nc1nc(-c2sc(NC(=O)c3ccccc3Cl)nc2C)cs1. The van der Waals surface area contributed by atoms with Gasteiger partial charge in [-0.25, -0.2) is 9.97 Å². The van der Waals surface area contributed by atoms with E-state index < -0.39 is 0 Å². The molecule has 7 nitrogen and oxygen atoms in total. The van der Waals surface area contributed by atoms with Crippen LogP contribution >= 0.6 is 34.3 Å². The van der Waals surface area contributed by atoms with Crippen molar-refractivity contribution in [2.24, 2.45) is 0 Å². The molecule has 0 fully saturated rings. The highest BCUT2D eigenvalue weighted by atomic mass is 35.5. The quantitative estimate of drug-likeness (QED) is 0.364. The third kappa shape index (κ3) is 4.64. The summed E-state index contributed by atoms with van der Waals surface area (Å²) in [6.07, 6.45) is 0. The van der Waals surface area contributed by atoms with E-state index in [-0.39, 0.29) is 11.8 Å². The number of benzene rings is 2. The predicted molar refractivity (Wildman–Crippen MR) is 128 cm³/mol. The van der Waals surface area contributed by atoms with Crippen molar-refractivity contribution < 1.29 is 14.3 Å². The highest BCUT2D eigenvalue weighted by Crippen LogP contribution is 2.35. The maximum absolute atomic E-state index is 12.6. The molecule has 10 heteroatoms. The lowest BCUT2D eigenvalue weighted by atomic mass is 10.2. The molecule has 2 amide bonds. The molecule has 0 radical (unpaired) electrons. The molecule has 0 saturated carbocycles. The first-order valence-electron chi connectivity index (χ1n) is 9.40. The van der Waals surface area contributed by atoms with E-state index >= 15 is 0 Å². The van der Waals surface area contributed by atoms with E-state index in [1.54, 1.807) is 48.5 Å². The molecule has 0 aliphatic heterocycles. The molecular weight excluding hydrogens is 468 g/mol. The molecule has 0 spiro atoms. The van der Waals surface area contributed by atoms with Crippen molar-refractivity contribution in [2.45, 2.75) is 6.92 Å². The van der Waals surface area contributed by atoms with Crippen LogP contribution in [0, 0.1) is 6.92 Å². The summed E-state index contributed by atoms with van der Waals surface area (Å²) in [6.45, 7) is 1.84. The van der Waals surface area contributed by atoms with Crippen molar-refractivity contribution in [1.29, 1.82) is 0 Å². The largest absolute Gasteiger partial charge is 0.496 e. The number of carbonyl (C=O) groups is 2. The number of ether oxygens (including phenoxy) is 1. The van der Waals surface area contributed by atoms with Gasteiger partial charge in [0.05, 0.1) is 39.5 Å². The Bertz CT molecular complexity index is 1300. The Kier molecular flexibility index (Phi) is 6.50. The van der Waals surface area contributed by atoms with Crippen molar-refractivity contribution in [1.82, 2.24) is 9.97 Å². The van der Waals surface area contributed by atoms with Gasteiger partial charge < -0.3 is 4.74 Å². The van der Waals surface area contributed by atoms with Gasteiger partial charge in [-0.3, -0.25) is 20.2 Å². The average molecular weight is 485 g/mol. The topological polar surface area (TPSA) is 93.2 Å². The number of anilines is 2. The lowest BCUT2D eigenvalue weighted by Gasteiger charge is -2.06. The standard InChI is InChI=1S/C22H17ClN4O3S2/c1-12-18(32-22(24-12)27-19(28)13-7-3-5-9-15(13)23)16-11-31-21(25-16)26-20(29)14-8-4-6-10-17(14)30-2/h3-11H,1-2H3,(H,24,27,28)(H,25,26,29). The minimum absolute atomic E-state index is 0.308. The number of aromatic nitrogens is 2. The number of amides is 2. The van der Waals surface area contributed by atoms with Crippen molar-refractivity contribution in [2.75, 3.05) is 17.7 Å². The lowest BCUT2D eigenvalue weighted by Crippen LogP contribution is -2.12. The van der Waals surface area contributed by atoms with Crippen molar-refractivity contribution in [3.8, 4) is 16.3 Å². The van der Waals surface area contributed by atoms with E-state index in [1.165, 1.54) is 29.8 Å². The molecule has 162 valence electrons. The maximum Gasteiger partial charge on any atom is 0.261 e. The number of methoxy groups -OCH3 is 1. The van der Waals surface area contributed by atoms with Gasteiger partial charge in [0.15, 0.2) is 10.3 Å². The van der Waals surface area contributed by atoms with Gasteiger partial charge in [-0.1, -0.05) is 47.2 Å². The van der Waals surface area contributed by atoms with Gasteiger partial charge in [0.1, 0.15) is 5.75 Å². The van der Waals surface area contributed by atoms with E-state index in [0.29, 0.717) is 37.9 Å². The summed E-state index contributed by atoms with van der Waals surface area (Å²) in [7, 11) is 1.52. The molecule has 32 heavy (non-hydrogen) atoms. The second-order valence-electron chi connectivity index (χ2n) is 6.56. The maximum atomic E-state index is 12.6. The minimum Gasteiger partial charge on any atom is -0.496 e. The zero-order chi connectivity index (χ0) is 22.7. The number of hydrogen-bond donors (Lipinski definition) is 2. The normalized spacial score (nSPS) is 10.6. The Hall–Kier alpha value is -3.27. The highest BCUT2D eigenvalue weighted by Gasteiger charge is 2.18. The Morgan fingerprint density at radius 3 is 2.34 bits per heavy atom. The van der Waals surface area contributed by atoms with E-state index in [2.05, 4.69) is 20.6 Å². The highest BCUT2D eigenvalue weighted by molar-refractivity contribution is 7.20. The Labute approximate surface area is 197 Å². The Morgan fingerprint density at radius 1 is 0.938 bits per heavy atom. The fraction of sp³-hybridized carbons (Fsp3) is 0.0909. The molecule has 2 aromatic heterocycles. The number of thiazole rings is 2. The average Bonchev–Trinajstić information content (AvgIpc) is 3.39. The fourth-order valence-corrected chi connectivity index (χ4v) is 4.84. The van der Waals surface area contributed by atoms with Crippen LogP contribution in [-0.4, -0.2) is 28.9 Å². The van der Waals surface area contributed by atoms with Crippen molar-refractivity contribution in [3.63, 3.8) is 0 Å². The van der Waals surface area contributed by atoms with Crippen LogP contribution in [0.4, 0.5) is 10.3 Å². The van der Waals surface area contributed by atoms with Gasteiger partial charge >= 0.3 is 0 Å². The molecule has 0 saturated heterocycles. The van der Waals surface area contributed by atoms with Crippen LogP contribution in [-0.2, 0) is 0 Å². The molecule has 0 bridgehead atoms. The molecule has 0 unspecified atom stereocenters. The van der Waals surface area contributed by atoms with Gasteiger partial charge in [0.2, 0.25) is 0 Å². The van der Waals surface area contributed by atoms with Gasteiger partial charge in [0.25, 0.3) is 11.8 Å². The van der Waals surface area contributed by atoms with E-state index in [1.807, 2.05) is 12.3 Å². The van der Waals surface area contributed by atoms with Gasteiger partial charge in [-0.15, -0.1) is 11.3 Å². The monoisotopic (exact) mass is 484 g/mol. The van der Waals surface area contributed by atoms with E-state index in [9.17, 15) is 9.59 Å². The minimum atomic E-state index is -0.334. The van der Waals surface area contributed by atoms with Crippen molar-refractivity contribution in [3.05, 3.63) is 75.8 Å². The molecule has 2 heterocycles. The summed E-state index contributed by atoms with van der Waals surface area (Å²) in [6, 6.07) is 13.8. The molecule has 0 aliphatic carbocycles. The Morgan fingerprint density at radius 2 is 1.59 bits per heavy atom. The number of halogens is 1. The van der Waals surface area contributed by atoms with Crippen LogP contribution in [0.25, 0.3) is 10.6 Å². The third-order valence-electron chi connectivity index (χ3n) is 4.44. The first-order chi connectivity index (χ1) is 15.5. The van der Waals surface area contributed by atoms with E-state index in [4.69, 9.17) is 16.3 Å². The van der Waals surface area contributed by atoms with E-state index in [0.717, 1.165) is 10.6 Å². The molecule has 2 aromatic carbocycles. The van der Waals surface area contributed by atoms with Crippen LogP contribution in [0.5, 0.6) is 5.75 Å². The van der Waals surface area contributed by atoms with Crippen LogP contribution < -0.4 is 15.4 Å². The predicted octanol–water partition coefficient (Wildman–Crippen LogP) is 5.74. The number of para-hydroxylation sites is 1. The van der Waals surface area contributed by atoms with Crippen LogP contribution in [0.15, 0.2) is 53.9 Å². The van der Waals surface area contributed by atoms with Crippen molar-refractivity contribution >= 4 is 56.4 Å². The summed E-state index contributed by atoms with van der Waals surface area (Å²) >= 11 is 8.70. The summed E-state index contributed by atoms with van der Waals surface area (Å²) in [5, 5.41) is 8.67. The fourth-order valence-electron chi connectivity index (χ4n) is 2.93. The first kappa shape index (κ1) is 21.9. The molecule has 2 N–H and O–H groups in total. The number of aryl methyl sites for hydroxylation is 1. The van der Waals surface area contributed by atoms with Crippen LogP contribution in [0.3, 0.4) is 0 Å². The van der Waals surface area contributed by atoms with Crippen LogP contribution in [0.1, 0.15) is 26.4 Å². The number of carbonyl (C=O) groups excluding carboxylic acids is 2. The smallest absolute Gasteiger partial charge is 0.261 e. The van der Waals surface area contributed by atoms with Gasteiger partial charge in [-0.2, -0.15) is 0 Å². The number of rotatable bonds is 6. The summed E-state index contributed by atoms with van der Waals surface area (Å²) < 4.78 is 5.24. The number of nitrogens with zero attached hydrogens (tertiary/aromatic N) is 2. The molecule has 0 aliphatic rings. The van der Waals surface area contributed by atoms with Crippen LogP contribution in [0.2, 0.25) is 5.02 Å². The molecular formula is C22H17ClN4O3S2. The Balaban J connectivity index is 1.50. The van der Waals surface area contributed by atoms with Gasteiger partial charge in [0, 0.05) is 5.38 Å². The summed E-state index contributed by atoms with van der Waals surface area (Å²) in [5.74, 6) is -0.157. The zero-order valence-electron chi connectivity index (χ0n) is 17.0. The third-order valence-corrected chi connectivity index (χ3v) is 6.63. The summed E-state index contributed by atoms with van der Waals surface area (Å²) in [5.41, 5.74) is 2.18. The number of nitrogens with one attached hydrogen (secondary N) is 2. The van der Waals surface area contributed by atoms with Gasteiger partial charge in [-0.05, 0) is 31.2 Å². The molecule has 4 rings (SSSR count). The molecule has 4 aromatic rings. The molecule has 0 atom stereocenters. The zero-order valence-corrected chi connectivity index (χ0v) is 19.4. The first-order valence-corrected chi connectivity index (χ1v) is 11.5. The summed E-state index contributed by atoms with van der Waals surface area (Å²) in [4.78, 5) is 34.8.